The lowest BCUT2D eigenvalue weighted by molar-refractivity contribution is 0.315. The van der Waals surface area contributed by atoms with Gasteiger partial charge in [-0.05, 0) is 24.7 Å². The Morgan fingerprint density at radius 3 is 2.59 bits per heavy atom. The van der Waals surface area contributed by atoms with Gasteiger partial charge in [0.15, 0.2) is 0 Å². The molecule has 1 aromatic carbocycles. The molecule has 0 aliphatic heterocycles. The molecular weight excluding hydrogens is 232 g/mol. The number of halogens is 1. The van der Waals surface area contributed by atoms with Gasteiger partial charge in [-0.25, -0.2) is 0 Å². The van der Waals surface area contributed by atoms with Crippen LogP contribution in [-0.4, -0.2) is 16.9 Å². The molecule has 1 aromatic heterocycles. The Balaban J connectivity index is 1.96. The number of rotatable bonds is 4. The van der Waals surface area contributed by atoms with Crippen molar-refractivity contribution in [3.05, 3.63) is 64.9 Å². The summed E-state index contributed by atoms with van der Waals surface area (Å²) in [5.41, 5.74) is 2.30. The second kappa shape index (κ2) is 5.80. The molecule has 3 heteroatoms. The van der Waals surface area contributed by atoms with E-state index in [1.165, 1.54) is 5.56 Å². The Bertz CT molecular complexity index is 471. The lowest BCUT2D eigenvalue weighted by Gasteiger charge is -2.16. The van der Waals surface area contributed by atoms with Gasteiger partial charge >= 0.3 is 0 Å². The Morgan fingerprint density at radius 2 is 1.88 bits per heavy atom. The smallest absolute Gasteiger partial charge is 0.0558 e. The van der Waals surface area contributed by atoms with Crippen LogP contribution in [0.15, 0.2) is 48.7 Å². The molecule has 0 aliphatic rings. The molecule has 0 aliphatic carbocycles. The summed E-state index contributed by atoms with van der Waals surface area (Å²) in [6.45, 7) is 1.71. The van der Waals surface area contributed by atoms with Gasteiger partial charge in [-0.15, -0.1) is 0 Å². The van der Waals surface area contributed by atoms with Crippen molar-refractivity contribution in [1.82, 2.24) is 9.88 Å². The van der Waals surface area contributed by atoms with E-state index in [2.05, 4.69) is 41.2 Å². The lowest BCUT2D eigenvalue weighted by atomic mass is 10.2. The number of benzene rings is 1. The van der Waals surface area contributed by atoms with E-state index in [0.717, 1.165) is 23.8 Å². The van der Waals surface area contributed by atoms with Gasteiger partial charge in [0.1, 0.15) is 0 Å². The summed E-state index contributed by atoms with van der Waals surface area (Å²) in [5.74, 6) is 0. The molecule has 0 fully saturated rings. The maximum Gasteiger partial charge on any atom is 0.0558 e. The van der Waals surface area contributed by atoms with E-state index in [4.69, 9.17) is 11.6 Å². The molecule has 0 amide bonds. The minimum Gasteiger partial charge on any atom is -0.296 e. The number of aromatic nitrogens is 1. The highest BCUT2D eigenvalue weighted by Gasteiger charge is 2.02. The van der Waals surface area contributed by atoms with Gasteiger partial charge < -0.3 is 0 Å². The summed E-state index contributed by atoms with van der Waals surface area (Å²) in [6, 6.07) is 14.1. The second-order valence-corrected chi connectivity index (χ2v) is 4.56. The van der Waals surface area contributed by atoms with Crippen molar-refractivity contribution in [2.24, 2.45) is 0 Å². The van der Waals surface area contributed by atoms with Crippen LogP contribution in [0.2, 0.25) is 5.02 Å². The second-order valence-electron chi connectivity index (χ2n) is 4.12. The summed E-state index contributed by atoms with van der Waals surface area (Å²) in [7, 11) is 2.08. The maximum atomic E-state index is 5.93. The van der Waals surface area contributed by atoms with Crippen molar-refractivity contribution in [3.8, 4) is 0 Å². The highest BCUT2D eigenvalue weighted by molar-refractivity contribution is 6.30. The average molecular weight is 247 g/mol. The normalized spacial score (nSPS) is 10.8. The summed E-state index contributed by atoms with van der Waals surface area (Å²) < 4.78 is 0. The highest BCUT2D eigenvalue weighted by atomic mass is 35.5. The van der Waals surface area contributed by atoms with Gasteiger partial charge in [-0.1, -0.05) is 41.9 Å². The predicted molar refractivity (Wildman–Crippen MR) is 70.9 cm³/mol. The molecule has 88 valence electrons. The Morgan fingerprint density at radius 1 is 1.12 bits per heavy atom. The highest BCUT2D eigenvalue weighted by Crippen LogP contribution is 2.11. The maximum absolute atomic E-state index is 5.93. The number of hydrogen-bond donors (Lipinski definition) is 0. The molecule has 0 unspecified atom stereocenters. The zero-order chi connectivity index (χ0) is 12.1. The minimum atomic E-state index is 0.739. The third kappa shape index (κ3) is 3.84. The lowest BCUT2D eigenvalue weighted by Crippen LogP contribution is -2.17. The molecule has 2 aromatic rings. The van der Waals surface area contributed by atoms with Crippen LogP contribution in [0.5, 0.6) is 0 Å². The van der Waals surface area contributed by atoms with E-state index in [1.807, 2.05) is 12.1 Å². The molecule has 0 saturated heterocycles. The van der Waals surface area contributed by atoms with Gasteiger partial charge in [0.25, 0.3) is 0 Å². The topological polar surface area (TPSA) is 16.1 Å². The summed E-state index contributed by atoms with van der Waals surface area (Å²) in [4.78, 5) is 6.51. The fourth-order valence-electron chi connectivity index (χ4n) is 1.76. The van der Waals surface area contributed by atoms with Crippen molar-refractivity contribution in [3.63, 3.8) is 0 Å². The predicted octanol–water partition coefficient (Wildman–Crippen LogP) is 3.37. The number of hydrogen-bond acceptors (Lipinski definition) is 2. The van der Waals surface area contributed by atoms with Crippen molar-refractivity contribution in [1.29, 1.82) is 0 Å². The van der Waals surface area contributed by atoms with E-state index in [-0.39, 0.29) is 0 Å². The molecule has 2 rings (SSSR count). The quantitative estimate of drug-likeness (QED) is 0.822. The van der Waals surface area contributed by atoms with Gasteiger partial charge in [-0.2, -0.15) is 0 Å². The standard InChI is InChI=1S/C14H15ClN2/c1-17(10-12-5-3-2-4-6-12)11-14-9-13(15)7-8-16-14/h2-9H,10-11H2,1H3. The molecule has 0 bridgehead atoms. The van der Waals surface area contributed by atoms with Crippen molar-refractivity contribution >= 4 is 11.6 Å². The van der Waals surface area contributed by atoms with Crippen LogP contribution in [0.1, 0.15) is 11.3 Å². The molecule has 0 radical (unpaired) electrons. The third-order valence-electron chi connectivity index (χ3n) is 2.51. The number of pyridine rings is 1. The molecule has 0 N–H and O–H groups in total. The summed E-state index contributed by atoms with van der Waals surface area (Å²) in [6.07, 6.45) is 1.74. The van der Waals surface area contributed by atoms with Crippen LogP contribution in [0, 0.1) is 0 Å². The Hall–Kier alpha value is -1.38. The van der Waals surface area contributed by atoms with Gasteiger partial charge in [0, 0.05) is 24.3 Å². The third-order valence-corrected chi connectivity index (χ3v) is 2.74. The van der Waals surface area contributed by atoms with Crippen LogP contribution in [0.4, 0.5) is 0 Å². The monoisotopic (exact) mass is 246 g/mol. The fourth-order valence-corrected chi connectivity index (χ4v) is 1.95. The first-order valence-corrected chi connectivity index (χ1v) is 5.95. The van der Waals surface area contributed by atoms with Crippen molar-refractivity contribution in [2.45, 2.75) is 13.1 Å². The largest absolute Gasteiger partial charge is 0.296 e. The SMILES string of the molecule is CN(Cc1ccccc1)Cc1cc(Cl)ccn1. The van der Waals surface area contributed by atoms with Crippen LogP contribution >= 0.6 is 11.6 Å². The zero-order valence-corrected chi connectivity index (χ0v) is 10.6. The zero-order valence-electron chi connectivity index (χ0n) is 9.81. The van der Waals surface area contributed by atoms with Crippen LogP contribution in [0.25, 0.3) is 0 Å². The molecule has 0 saturated carbocycles. The first-order valence-electron chi connectivity index (χ1n) is 5.57. The van der Waals surface area contributed by atoms with Crippen LogP contribution < -0.4 is 0 Å². The van der Waals surface area contributed by atoms with Gasteiger partial charge in [0.2, 0.25) is 0 Å². The van der Waals surface area contributed by atoms with Gasteiger partial charge in [-0.3, -0.25) is 9.88 Å². The van der Waals surface area contributed by atoms with E-state index < -0.39 is 0 Å². The van der Waals surface area contributed by atoms with Crippen LogP contribution in [0.3, 0.4) is 0 Å². The van der Waals surface area contributed by atoms with Crippen molar-refractivity contribution < 1.29 is 0 Å². The van der Waals surface area contributed by atoms with E-state index in [1.54, 1.807) is 12.3 Å². The molecular formula is C14H15ClN2. The van der Waals surface area contributed by atoms with E-state index >= 15 is 0 Å². The van der Waals surface area contributed by atoms with E-state index in [9.17, 15) is 0 Å². The Labute approximate surface area is 107 Å². The molecule has 17 heavy (non-hydrogen) atoms. The first kappa shape index (κ1) is 12.1. The molecule has 1 heterocycles. The average Bonchev–Trinajstić information content (AvgIpc) is 2.30. The number of nitrogens with zero attached hydrogens (tertiary/aromatic N) is 2. The summed E-state index contributed by atoms with van der Waals surface area (Å²) in [5, 5.41) is 0.739. The van der Waals surface area contributed by atoms with Crippen LogP contribution in [-0.2, 0) is 13.1 Å². The fraction of sp³-hybridized carbons (Fsp3) is 0.214. The molecule has 0 atom stereocenters. The molecule has 0 spiro atoms. The Kier molecular flexibility index (Phi) is 4.13. The van der Waals surface area contributed by atoms with Gasteiger partial charge in [0.05, 0.1) is 5.69 Å². The van der Waals surface area contributed by atoms with E-state index in [0.29, 0.717) is 0 Å². The van der Waals surface area contributed by atoms with Crippen molar-refractivity contribution in [2.75, 3.05) is 7.05 Å². The first-order chi connectivity index (χ1) is 8.24. The minimum absolute atomic E-state index is 0.739. The molecule has 2 nitrogen and oxygen atoms in total. The summed E-state index contributed by atoms with van der Waals surface area (Å²) >= 11 is 5.93.